The Hall–Kier alpha value is -2.71. The Labute approximate surface area is 163 Å². The molecule has 0 saturated carbocycles. The van der Waals surface area contributed by atoms with Gasteiger partial charge in [0.2, 0.25) is 5.69 Å². The molecule has 0 amide bonds. The molecule has 0 aliphatic carbocycles. The summed E-state index contributed by atoms with van der Waals surface area (Å²) in [4.78, 5) is 0. The standard InChI is InChI=1S/C25H29N2/c26-19-7-1-2-8-20-27-21-9-6-12-25(27)18-15-22-13-16-24(17-14-22)23-10-4-3-5-11-23/h3-6,9-18,21H,1-2,7-8,19-20,26H2/q+1/b18-15+. The molecule has 0 spiro atoms. The average Bonchev–Trinajstić information content (AvgIpc) is 2.74. The van der Waals surface area contributed by atoms with E-state index in [-0.39, 0.29) is 0 Å². The summed E-state index contributed by atoms with van der Waals surface area (Å²) in [7, 11) is 0. The van der Waals surface area contributed by atoms with Crippen LogP contribution in [0.1, 0.15) is 36.9 Å². The third-order valence-electron chi connectivity index (χ3n) is 4.79. The van der Waals surface area contributed by atoms with Crippen molar-refractivity contribution >= 4 is 12.2 Å². The number of aryl methyl sites for hydroxylation is 1. The van der Waals surface area contributed by atoms with Crippen LogP contribution in [-0.4, -0.2) is 6.54 Å². The molecule has 2 nitrogen and oxygen atoms in total. The fraction of sp³-hybridized carbons (Fsp3) is 0.240. The molecule has 3 rings (SSSR count). The number of aromatic nitrogens is 1. The van der Waals surface area contributed by atoms with Gasteiger partial charge in [-0.3, -0.25) is 0 Å². The maximum absolute atomic E-state index is 5.57. The summed E-state index contributed by atoms with van der Waals surface area (Å²) in [5, 5.41) is 0. The topological polar surface area (TPSA) is 29.9 Å². The van der Waals surface area contributed by atoms with Gasteiger partial charge in [-0.2, -0.15) is 4.57 Å². The number of rotatable bonds is 9. The molecule has 0 atom stereocenters. The second-order valence-corrected chi connectivity index (χ2v) is 6.84. The van der Waals surface area contributed by atoms with Crippen molar-refractivity contribution in [2.75, 3.05) is 6.54 Å². The molecule has 0 saturated heterocycles. The lowest BCUT2D eigenvalue weighted by Gasteiger charge is -2.03. The molecule has 2 N–H and O–H groups in total. The largest absolute Gasteiger partial charge is 0.330 e. The smallest absolute Gasteiger partial charge is 0.205 e. The zero-order chi connectivity index (χ0) is 18.7. The highest BCUT2D eigenvalue weighted by atomic mass is 14.9. The monoisotopic (exact) mass is 357 g/mol. The normalized spacial score (nSPS) is 11.1. The first kappa shape index (κ1) is 19.1. The molecule has 1 heterocycles. The highest BCUT2D eigenvalue weighted by Crippen LogP contribution is 2.19. The summed E-state index contributed by atoms with van der Waals surface area (Å²) in [6, 6.07) is 25.6. The molecule has 0 bridgehead atoms. The first-order valence-corrected chi connectivity index (χ1v) is 9.89. The van der Waals surface area contributed by atoms with Gasteiger partial charge < -0.3 is 5.73 Å². The van der Waals surface area contributed by atoms with Gasteiger partial charge in [-0.05, 0) is 48.2 Å². The number of unbranched alkanes of at least 4 members (excludes halogenated alkanes) is 3. The van der Waals surface area contributed by atoms with Gasteiger partial charge in [0.1, 0.15) is 6.54 Å². The van der Waals surface area contributed by atoms with Crippen molar-refractivity contribution in [1.82, 2.24) is 0 Å². The van der Waals surface area contributed by atoms with Crippen LogP contribution in [0.2, 0.25) is 0 Å². The van der Waals surface area contributed by atoms with E-state index in [2.05, 4.69) is 89.6 Å². The lowest BCUT2D eigenvalue weighted by Crippen LogP contribution is -2.36. The Balaban J connectivity index is 1.64. The second-order valence-electron chi connectivity index (χ2n) is 6.84. The van der Waals surface area contributed by atoms with E-state index in [1.54, 1.807) is 0 Å². The van der Waals surface area contributed by atoms with Crippen molar-refractivity contribution in [3.8, 4) is 11.1 Å². The summed E-state index contributed by atoms with van der Waals surface area (Å²) in [5.41, 5.74) is 10.5. The van der Waals surface area contributed by atoms with E-state index in [9.17, 15) is 0 Å². The minimum atomic E-state index is 0.801. The third-order valence-corrected chi connectivity index (χ3v) is 4.79. The maximum atomic E-state index is 5.57. The van der Waals surface area contributed by atoms with E-state index in [4.69, 9.17) is 5.73 Å². The first-order valence-electron chi connectivity index (χ1n) is 9.89. The Morgan fingerprint density at radius 1 is 0.667 bits per heavy atom. The predicted octanol–water partition coefficient (Wildman–Crippen LogP) is 5.33. The molecular formula is C25H29N2+. The van der Waals surface area contributed by atoms with Crippen LogP contribution < -0.4 is 10.3 Å². The number of benzene rings is 2. The van der Waals surface area contributed by atoms with Crippen molar-refractivity contribution in [2.45, 2.75) is 32.2 Å². The molecule has 0 aliphatic rings. The van der Waals surface area contributed by atoms with Crippen LogP contribution in [-0.2, 0) is 6.54 Å². The molecule has 2 aromatic carbocycles. The van der Waals surface area contributed by atoms with Gasteiger partial charge >= 0.3 is 0 Å². The van der Waals surface area contributed by atoms with Gasteiger partial charge in [-0.25, -0.2) is 0 Å². The molecule has 0 fully saturated rings. The minimum absolute atomic E-state index is 0.801. The van der Waals surface area contributed by atoms with E-state index in [1.807, 2.05) is 6.07 Å². The van der Waals surface area contributed by atoms with Gasteiger partial charge in [-0.15, -0.1) is 0 Å². The van der Waals surface area contributed by atoms with E-state index in [1.165, 1.54) is 41.6 Å². The number of hydrogen-bond donors (Lipinski definition) is 1. The van der Waals surface area contributed by atoms with Crippen LogP contribution in [0.4, 0.5) is 0 Å². The van der Waals surface area contributed by atoms with Crippen LogP contribution in [0.3, 0.4) is 0 Å². The first-order chi connectivity index (χ1) is 13.4. The van der Waals surface area contributed by atoms with Crippen molar-refractivity contribution in [1.29, 1.82) is 0 Å². The third kappa shape index (κ3) is 5.90. The van der Waals surface area contributed by atoms with E-state index in [0.29, 0.717) is 0 Å². The molecular weight excluding hydrogens is 328 g/mol. The summed E-state index contributed by atoms with van der Waals surface area (Å²) >= 11 is 0. The van der Waals surface area contributed by atoms with E-state index < -0.39 is 0 Å². The van der Waals surface area contributed by atoms with Crippen LogP contribution in [0.15, 0.2) is 79.0 Å². The zero-order valence-corrected chi connectivity index (χ0v) is 15.9. The second kappa shape index (κ2) is 10.4. The van der Waals surface area contributed by atoms with Gasteiger partial charge in [0, 0.05) is 24.6 Å². The Morgan fingerprint density at radius 3 is 2.15 bits per heavy atom. The van der Waals surface area contributed by atoms with Crippen molar-refractivity contribution in [2.24, 2.45) is 5.73 Å². The number of nitrogens with zero attached hydrogens (tertiary/aromatic N) is 1. The number of nitrogens with two attached hydrogens (primary N) is 1. The maximum Gasteiger partial charge on any atom is 0.205 e. The van der Waals surface area contributed by atoms with Crippen LogP contribution in [0.5, 0.6) is 0 Å². The Morgan fingerprint density at radius 2 is 1.37 bits per heavy atom. The fourth-order valence-corrected chi connectivity index (χ4v) is 3.22. The molecule has 138 valence electrons. The van der Waals surface area contributed by atoms with Crippen molar-refractivity contribution in [3.05, 3.63) is 90.3 Å². The van der Waals surface area contributed by atoms with E-state index in [0.717, 1.165) is 19.5 Å². The number of hydrogen-bond acceptors (Lipinski definition) is 1. The molecule has 3 aromatic rings. The molecule has 27 heavy (non-hydrogen) atoms. The van der Waals surface area contributed by atoms with Crippen LogP contribution in [0, 0.1) is 0 Å². The van der Waals surface area contributed by atoms with Crippen molar-refractivity contribution < 1.29 is 4.57 Å². The zero-order valence-electron chi connectivity index (χ0n) is 15.9. The summed E-state index contributed by atoms with van der Waals surface area (Å²) in [6.07, 6.45) is 11.4. The highest BCUT2D eigenvalue weighted by Gasteiger charge is 2.06. The minimum Gasteiger partial charge on any atom is -0.330 e. The van der Waals surface area contributed by atoms with Crippen molar-refractivity contribution in [3.63, 3.8) is 0 Å². The lowest BCUT2D eigenvalue weighted by molar-refractivity contribution is -0.699. The molecule has 0 radical (unpaired) electrons. The predicted molar refractivity (Wildman–Crippen MR) is 115 cm³/mol. The summed E-state index contributed by atoms with van der Waals surface area (Å²) in [5.74, 6) is 0. The average molecular weight is 358 g/mol. The molecule has 1 aromatic heterocycles. The van der Waals surface area contributed by atoms with E-state index >= 15 is 0 Å². The summed E-state index contributed by atoms with van der Waals surface area (Å²) in [6.45, 7) is 1.85. The van der Waals surface area contributed by atoms with Gasteiger partial charge in [0.15, 0.2) is 6.20 Å². The Bertz CT molecular complexity index is 836. The van der Waals surface area contributed by atoms with Crippen LogP contribution in [0.25, 0.3) is 23.3 Å². The SMILES string of the molecule is NCCCCCC[n+]1ccccc1/C=C/c1ccc(-c2ccccc2)cc1. The highest BCUT2D eigenvalue weighted by molar-refractivity contribution is 5.70. The summed E-state index contributed by atoms with van der Waals surface area (Å²) < 4.78 is 2.33. The molecule has 0 unspecified atom stereocenters. The van der Waals surface area contributed by atoms with Crippen LogP contribution >= 0.6 is 0 Å². The fourth-order valence-electron chi connectivity index (χ4n) is 3.22. The van der Waals surface area contributed by atoms with Gasteiger partial charge in [-0.1, -0.05) is 61.0 Å². The molecule has 0 aliphatic heterocycles. The van der Waals surface area contributed by atoms with Gasteiger partial charge in [0.05, 0.1) is 0 Å². The molecule has 2 heteroatoms. The number of pyridine rings is 1. The van der Waals surface area contributed by atoms with Gasteiger partial charge in [0.25, 0.3) is 0 Å². The quantitative estimate of drug-likeness (QED) is 0.407. The lowest BCUT2D eigenvalue weighted by atomic mass is 10.0. The Kier molecular flexibility index (Phi) is 7.37.